The minimum atomic E-state index is -5.17. The monoisotopic (exact) mass is 380 g/mol. The molecular weight excluding hydrogens is 368 g/mol. The van der Waals surface area contributed by atoms with Crippen LogP contribution in [0.3, 0.4) is 0 Å². The van der Waals surface area contributed by atoms with Crippen molar-refractivity contribution in [2.24, 2.45) is 8.73 Å². The summed E-state index contributed by atoms with van der Waals surface area (Å²) in [6.45, 7) is 0. The number of hydrogen-bond acceptors (Lipinski definition) is 4. The van der Waals surface area contributed by atoms with Crippen LogP contribution in [0.25, 0.3) is 0 Å². The standard InChI is InChI=1S/C14H12F4N2O2S2/c15-23(16,21)19-13-7-3-11(4-8-13)1-2-12-5-9-14(10-6-12)20-24(17,18)22/h3-10H,1-2H2. The Labute approximate surface area is 138 Å². The van der Waals surface area contributed by atoms with E-state index >= 15 is 0 Å². The van der Waals surface area contributed by atoms with Crippen LogP contribution in [0.5, 0.6) is 0 Å². The summed E-state index contributed by atoms with van der Waals surface area (Å²) in [5.74, 6) is 0. The summed E-state index contributed by atoms with van der Waals surface area (Å²) < 4.78 is 75.4. The van der Waals surface area contributed by atoms with E-state index < -0.39 is 21.0 Å². The van der Waals surface area contributed by atoms with Crippen LogP contribution in [0, 0.1) is 0 Å². The lowest BCUT2D eigenvalue weighted by Gasteiger charge is -2.03. The molecule has 0 unspecified atom stereocenters. The maximum atomic E-state index is 12.3. The summed E-state index contributed by atoms with van der Waals surface area (Å²) in [5, 5.41) is 0. The Morgan fingerprint density at radius 2 is 0.917 bits per heavy atom. The van der Waals surface area contributed by atoms with Gasteiger partial charge in [0.1, 0.15) is 0 Å². The molecule has 0 fully saturated rings. The third-order valence-corrected chi connectivity index (χ3v) is 3.85. The zero-order chi connectivity index (χ0) is 17.8. The van der Waals surface area contributed by atoms with Crippen molar-refractivity contribution in [3.8, 4) is 0 Å². The van der Waals surface area contributed by atoms with Crippen LogP contribution in [-0.4, -0.2) is 8.42 Å². The molecule has 24 heavy (non-hydrogen) atoms. The molecule has 0 atom stereocenters. The highest BCUT2D eigenvalue weighted by atomic mass is 32.3. The van der Waals surface area contributed by atoms with E-state index in [9.17, 15) is 24.0 Å². The SMILES string of the molecule is O=S(F)(F)=Nc1ccc(CCc2ccc(N=S(=O)(F)F)cc2)cc1. The number of rotatable bonds is 5. The van der Waals surface area contributed by atoms with Crippen molar-refractivity contribution in [1.29, 1.82) is 0 Å². The van der Waals surface area contributed by atoms with Gasteiger partial charge in [0.2, 0.25) is 0 Å². The molecule has 0 aliphatic rings. The lowest BCUT2D eigenvalue weighted by atomic mass is 10.0. The highest BCUT2D eigenvalue weighted by Gasteiger charge is 2.04. The Hall–Kier alpha value is -1.94. The van der Waals surface area contributed by atoms with Gasteiger partial charge in [-0.1, -0.05) is 39.8 Å². The number of nitrogens with zero attached hydrogens (tertiary/aromatic N) is 2. The van der Waals surface area contributed by atoms with Crippen molar-refractivity contribution in [2.75, 3.05) is 0 Å². The molecule has 0 saturated heterocycles. The van der Waals surface area contributed by atoms with Gasteiger partial charge in [0, 0.05) is 0 Å². The van der Waals surface area contributed by atoms with Crippen molar-refractivity contribution >= 4 is 32.4 Å². The van der Waals surface area contributed by atoms with Gasteiger partial charge >= 0.3 is 21.0 Å². The molecule has 0 bridgehead atoms. The fraction of sp³-hybridized carbons (Fsp3) is 0.143. The van der Waals surface area contributed by atoms with Gasteiger partial charge in [-0.3, -0.25) is 0 Å². The second kappa shape index (κ2) is 7.31. The van der Waals surface area contributed by atoms with E-state index in [4.69, 9.17) is 0 Å². The third kappa shape index (κ3) is 6.67. The molecule has 0 heterocycles. The quantitative estimate of drug-likeness (QED) is 0.528. The van der Waals surface area contributed by atoms with Crippen LogP contribution < -0.4 is 0 Å². The number of aryl methyl sites for hydroxylation is 2. The fourth-order valence-electron chi connectivity index (χ4n) is 1.98. The Bertz CT molecular complexity index is 848. The molecule has 0 amide bonds. The zero-order valence-electron chi connectivity index (χ0n) is 12.1. The van der Waals surface area contributed by atoms with Gasteiger partial charge in [-0.25, -0.2) is 0 Å². The first-order valence-corrected chi connectivity index (χ1v) is 9.24. The molecule has 0 saturated carbocycles. The molecule has 0 aromatic heterocycles. The average Bonchev–Trinajstić information content (AvgIpc) is 2.45. The predicted molar refractivity (Wildman–Crippen MR) is 85.2 cm³/mol. The Morgan fingerprint density at radius 3 is 1.17 bits per heavy atom. The lowest BCUT2D eigenvalue weighted by Crippen LogP contribution is -1.90. The minimum Gasteiger partial charge on any atom is -0.180 e. The summed E-state index contributed by atoms with van der Waals surface area (Å²) in [6, 6.07) is 11.7. The molecule has 130 valence electrons. The van der Waals surface area contributed by atoms with Crippen LogP contribution in [0.15, 0.2) is 57.3 Å². The smallest absolute Gasteiger partial charge is 0.180 e. The van der Waals surface area contributed by atoms with Crippen LogP contribution in [-0.2, 0) is 33.8 Å². The second-order valence-electron chi connectivity index (χ2n) is 4.81. The lowest BCUT2D eigenvalue weighted by molar-refractivity contribution is 0.586. The molecule has 0 radical (unpaired) electrons. The number of halogens is 4. The van der Waals surface area contributed by atoms with Gasteiger partial charge in [-0.15, -0.1) is 8.73 Å². The van der Waals surface area contributed by atoms with Crippen LogP contribution >= 0.6 is 0 Å². The van der Waals surface area contributed by atoms with Crippen molar-refractivity contribution < 1.29 is 24.0 Å². The summed E-state index contributed by atoms with van der Waals surface area (Å²) in [4.78, 5) is 0. The molecule has 0 aliphatic heterocycles. The molecule has 0 spiro atoms. The first-order valence-electron chi connectivity index (χ1n) is 6.61. The molecule has 0 N–H and O–H groups in total. The zero-order valence-corrected chi connectivity index (χ0v) is 13.7. The van der Waals surface area contributed by atoms with Crippen LogP contribution in [0.2, 0.25) is 0 Å². The maximum absolute atomic E-state index is 12.3. The first-order chi connectivity index (χ1) is 11.1. The van der Waals surface area contributed by atoms with Crippen molar-refractivity contribution in [1.82, 2.24) is 0 Å². The molecule has 2 rings (SSSR count). The Morgan fingerprint density at radius 1 is 0.625 bits per heavy atom. The summed E-state index contributed by atoms with van der Waals surface area (Å²) in [5.41, 5.74) is 1.56. The number of benzene rings is 2. The van der Waals surface area contributed by atoms with Gasteiger partial charge in [-0.2, -0.15) is 8.42 Å². The Kier molecular flexibility index (Phi) is 5.60. The van der Waals surface area contributed by atoms with E-state index in [0.29, 0.717) is 12.8 Å². The highest BCUT2D eigenvalue weighted by molar-refractivity contribution is 7.83. The van der Waals surface area contributed by atoms with E-state index in [1.54, 1.807) is 24.3 Å². The maximum Gasteiger partial charge on any atom is 0.371 e. The molecular formula is C14H12F4N2O2S2. The van der Waals surface area contributed by atoms with Gasteiger partial charge in [0.05, 0.1) is 11.4 Å². The van der Waals surface area contributed by atoms with E-state index in [-0.39, 0.29) is 11.4 Å². The van der Waals surface area contributed by atoms with Crippen molar-refractivity contribution in [3.05, 3.63) is 59.7 Å². The van der Waals surface area contributed by atoms with E-state index in [1.165, 1.54) is 24.3 Å². The predicted octanol–water partition coefficient (Wildman–Crippen LogP) is 5.21. The van der Waals surface area contributed by atoms with Gasteiger partial charge in [0.15, 0.2) is 0 Å². The molecule has 4 nitrogen and oxygen atoms in total. The average molecular weight is 380 g/mol. The van der Waals surface area contributed by atoms with Crippen molar-refractivity contribution in [2.45, 2.75) is 12.8 Å². The fourth-order valence-corrected chi connectivity index (χ4v) is 2.72. The van der Waals surface area contributed by atoms with Crippen molar-refractivity contribution in [3.63, 3.8) is 0 Å². The number of hydrogen-bond donors (Lipinski definition) is 0. The van der Waals surface area contributed by atoms with E-state index in [2.05, 4.69) is 8.73 Å². The molecule has 0 aliphatic carbocycles. The highest BCUT2D eigenvalue weighted by Crippen LogP contribution is 2.20. The van der Waals surface area contributed by atoms with Gasteiger partial charge in [-0.05, 0) is 48.2 Å². The summed E-state index contributed by atoms with van der Waals surface area (Å²) in [6.07, 6.45) is 1.17. The van der Waals surface area contributed by atoms with Crippen LogP contribution in [0.4, 0.5) is 26.9 Å². The van der Waals surface area contributed by atoms with E-state index in [0.717, 1.165) is 11.1 Å². The Balaban J connectivity index is 2.01. The van der Waals surface area contributed by atoms with E-state index in [1.807, 2.05) is 0 Å². The normalized spacial score (nSPS) is 12.0. The minimum absolute atomic E-state index is 0.0687. The molecule has 2 aromatic carbocycles. The topological polar surface area (TPSA) is 58.9 Å². The second-order valence-corrected chi connectivity index (χ2v) is 6.76. The van der Waals surface area contributed by atoms with Gasteiger partial charge in [0.25, 0.3) is 0 Å². The first kappa shape index (κ1) is 18.4. The molecule has 2 aromatic rings. The van der Waals surface area contributed by atoms with Gasteiger partial charge < -0.3 is 0 Å². The molecule has 10 heteroatoms. The van der Waals surface area contributed by atoms with Crippen LogP contribution in [0.1, 0.15) is 11.1 Å². The third-order valence-electron chi connectivity index (χ3n) is 3.00. The largest absolute Gasteiger partial charge is 0.371 e. The summed E-state index contributed by atoms with van der Waals surface area (Å²) in [7, 11) is -10.3. The summed E-state index contributed by atoms with van der Waals surface area (Å²) >= 11 is 0.